The minimum atomic E-state index is -5.58. The van der Waals surface area contributed by atoms with E-state index in [9.17, 15) is 30.8 Å². The van der Waals surface area contributed by atoms with Gasteiger partial charge >= 0.3 is 16.1 Å². The summed E-state index contributed by atoms with van der Waals surface area (Å²) in [6, 6.07) is 2.63. The molecule has 0 spiro atoms. The Bertz CT molecular complexity index is 880. The summed E-state index contributed by atoms with van der Waals surface area (Å²) in [5.41, 5.74) is 0. The van der Waals surface area contributed by atoms with Gasteiger partial charge in [-0.3, -0.25) is 4.55 Å². The standard InChI is InChI=1S/C11H3BrF4O5S2/c12-4-2-1-3(22-4)11(17)21-9-5(13)7(15)10(23(18,19)20)8(16)6(9)14/h1-2H,(H,18,19,20). The van der Waals surface area contributed by atoms with Gasteiger partial charge < -0.3 is 4.74 Å². The number of carbonyl (C=O) groups is 1. The molecule has 0 aliphatic heterocycles. The summed E-state index contributed by atoms with van der Waals surface area (Å²) in [6.45, 7) is 0. The Hall–Kier alpha value is -1.50. The van der Waals surface area contributed by atoms with E-state index in [0.717, 1.165) is 11.3 Å². The zero-order valence-electron chi connectivity index (χ0n) is 10.4. The largest absolute Gasteiger partial charge is 0.416 e. The van der Waals surface area contributed by atoms with E-state index in [1.165, 1.54) is 12.1 Å². The summed E-state index contributed by atoms with van der Waals surface area (Å²) in [5, 5.41) is 0. The van der Waals surface area contributed by atoms with Gasteiger partial charge in [-0.25, -0.2) is 13.6 Å². The molecule has 0 saturated carbocycles. The van der Waals surface area contributed by atoms with Crippen LogP contribution in [-0.4, -0.2) is 18.9 Å². The summed E-state index contributed by atoms with van der Waals surface area (Å²) in [7, 11) is -5.58. The number of carbonyl (C=O) groups excluding carboxylic acids is 1. The van der Waals surface area contributed by atoms with E-state index in [4.69, 9.17) is 4.55 Å². The van der Waals surface area contributed by atoms with Gasteiger partial charge in [0, 0.05) is 0 Å². The molecule has 2 rings (SSSR count). The van der Waals surface area contributed by atoms with Gasteiger partial charge in [-0.05, 0) is 28.1 Å². The van der Waals surface area contributed by atoms with Crippen LogP contribution in [0.5, 0.6) is 5.75 Å². The van der Waals surface area contributed by atoms with Gasteiger partial charge in [-0.1, -0.05) is 0 Å². The first-order valence-electron chi connectivity index (χ1n) is 5.35. The maximum Gasteiger partial charge on any atom is 0.353 e. The summed E-state index contributed by atoms with van der Waals surface area (Å²) in [4.78, 5) is 9.30. The molecule has 0 atom stereocenters. The highest BCUT2D eigenvalue weighted by molar-refractivity contribution is 9.11. The fraction of sp³-hybridized carbons (Fsp3) is 0. The van der Waals surface area contributed by atoms with Crippen molar-refractivity contribution in [2.24, 2.45) is 0 Å². The van der Waals surface area contributed by atoms with Crippen LogP contribution in [0.2, 0.25) is 0 Å². The summed E-state index contributed by atoms with van der Waals surface area (Å²) < 4.78 is 89.3. The third-order valence-electron chi connectivity index (χ3n) is 2.41. The second-order valence-corrected chi connectivity index (χ2v) is 7.70. The number of benzene rings is 1. The molecular formula is C11H3BrF4O5S2. The van der Waals surface area contributed by atoms with Gasteiger partial charge in [-0.2, -0.15) is 17.2 Å². The van der Waals surface area contributed by atoms with E-state index in [0.29, 0.717) is 3.79 Å². The van der Waals surface area contributed by atoms with Crippen LogP contribution in [0.1, 0.15) is 9.67 Å². The average Bonchev–Trinajstić information content (AvgIpc) is 2.86. The molecule has 1 aromatic carbocycles. The Morgan fingerprint density at radius 1 is 1.09 bits per heavy atom. The highest BCUT2D eigenvalue weighted by Gasteiger charge is 2.34. The monoisotopic (exact) mass is 434 g/mol. The molecule has 12 heteroatoms. The van der Waals surface area contributed by atoms with Crippen LogP contribution in [-0.2, 0) is 10.1 Å². The van der Waals surface area contributed by atoms with Crippen LogP contribution in [0, 0.1) is 23.3 Å². The third-order valence-corrected chi connectivity index (χ3v) is 4.89. The molecule has 2 aromatic rings. The molecule has 0 amide bonds. The molecule has 124 valence electrons. The number of esters is 1. The second-order valence-electron chi connectivity index (χ2n) is 3.88. The smallest absolute Gasteiger partial charge is 0.353 e. The SMILES string of the molecule is O=C(Oc1c(F)c(F)c(S(=O)(=O)O)c(F)c1F)c1ccc(Br)s1. The van der Waals surface area contributed by atoms with Crippen LogP contribution < -0.4 is 4.74 Å². The average molecular weight is 435 g/mol. The second kappa shape index (κ2) is 6.19. The molecule has 0 aliphatic carbocycles. The van der Waals surface area contributed by atoms with Crippen LogP contribution in [0.4, 0.5) is 17.6 Å². The fourth-order valence-corrected chi connectivity index (χ4v) is 3.37. The Morgan fingerprint density at radius 2 is 1.61 bits per heavy atom. The first kappa shape index (κ1) is 17.8. The van der Waals surface area contributed by atoms with Crippen LogP contribution in [0.15, 0.2) is 20.8 Å². The van der Waals surface area contributed by atoms with E-state index in [2.05, 4.69) is 20.7 Å². The Kier molecular flexibility index (Phi) is 4.80. The summed E-state index contributed by atoms with van der Waals surface area (Å²) >= 11 is 3.83. The number of thiophene rings is 1. The lowest BCUT2D eigenvalue weighted by Gasteiger charge is -2.10. The molecule has 0 unspecified atom stereocenters. The highest BCUT2D eigenvalue weighted by atomic mass is 79.9. The van der Waals surface area contributed by atoms with Crippen molar-refractivity contribution in [2.45, 2.75) is 4.90 Å². The van der Waals surface area contributed by atoms with E-state index >= 15 is 0 Å². The van der Waals surface area contributed by atoms with Gasteiger partial charge in [0.25, 0.3) is 0 Å². The van der Waals surface area contributed by atoms with Crippen molar-refractivity contribution < 1.29 is 40.1 Å². The minimum absolute atomic E-state index is 0.143. The molecule has 5 nitrogen and oxygen atoms in total. The molecule has 23 heavy (non-hydrogen) atoms. The lowest BCUT2D eigenvalue weighted by molar-refractivity contribution is 0.0721. The minimum Gasteiger partial charge on any atom is -0.416 e. The lowest BCUT2D eigenvalue weighted by Crippen LogP contribution is -2.15. The zero-order chi connectivity index (χ0) is 17.5. The molecule has 1 N–H and O–H groups in total. The van der Waals surface area contributed by atoms with E-state index in [-0.39, 0.29) is 4.88 Å². The molecule has 1 heterocycles. The predicted molar refractivity (Wildman–Crippen MR) is 73.1 cm³/mol. The van der Waals surface area contributed by atoms with Gasteiger partial charge in [0.1, 0.15) is 4.88 Å². The van der Waals surface area contributed by atoms with Crippen LogP contribution >= 0.6 is 27.3 Å². The molecule has 0 fully saturated rings. The Labute approximate surface area is 138 Å². The quantitative estimate of drug-likeness (QED) is 0.262. The highest BCUT2D eigenvalue weighted by Crippen LogP contribution is 2.33. The van der Waals surface area contributed by atoms with E-state index < -0.39 is 50.0 Å². The summed E-state index contributed by atoms with van der Waals surface area (Å²) in [5.74, 6) is -12.5. The van der Waals surface area contributed by atoms with Gasteiger partial charge in [0.05, 0.1) is 3.79 Å². The van der Waals surface area contributed by atoms with Gasteiger partial charge in [-0.15, -0.1) is 11.3 Å². The number of hydrogen-bond acceptors (Lipinski definition) is 5. The van der Waals surface area contributed by atoms with Crippen LogP contribution in [0.25, 0.3) is 0 Å². The lowest BCUT2D eigenvalue weighted by atomic mass is 10.3. The van der Waals surface area contributed by atoms with E-state index in [1.807, 2.05) is 0 Å². The Morgan fingerprint density at radius 3 is 2.00 bits per heavy atom. The fourth-order valence-electron chi connectivity index (χ4n) is 1.47. The topological polar surface area (TPSA) is 80.7 Å². The maximum absolute atomic E-state index is 13.7. The molecule has 0 bridgehead atoms. The van der Waals surface area contributed by atoms with Gasteiger partial charge in [0.15, 0.2) is 16.5 Å². The molecule has 0 aliphatic rings. The molecular weight excluding hydrogens is 432 g/mol. The van der Waals surface area contributed by atoms with Crippen molar-refractivity contribution in [1.82, 2.24) is 0 Å². The summed E-state index contributed by atoms with van der Waals surface area (Å²) in [6.07, 6.45) is 0. The van der Waals surface area contributed by atoms with Gasteiger partial charge in [0.2, 0.25) is 17.4 Å². The number of ether oxygens (including phenoxy) is 1. The molecule has 0 saturated heterocycles. The predicted octanol–water partition coefficient (Wildman–Crippen LogP) is 3.53. The molecule has 0 radical (unpaired) electrons. The zero-order valence-corrected chi connectivity index (χ0v) is 13.7. The number of hydrogen-bond donors (Lipinski definition) is 1. The van der Waals surface area contributed by atoms with Crippen molar-refractivity contribution in [3.05, 3.63) is 44.1 Å². The van der Waals surface area contributed by atoms with Crippen molar-refractivity contribution in [3.8, 4) is 5.75 Å². The first-order chi connectivity index (χ1) is 10.5. The number of rotatable bonds is 3. The maximum atomic E-state index is 13.7. The van der Waals surface area contributed by atoms with E-state index in [1.54, 1.807) is 0 Å². The van der Waals surface area contributed by atoms with Crippen molar-refractivity contribution >= 4 is 43.4 Å². The Balaban J connectivity index is 2.55. The molecule has 1 aromatic heterocycles. The van der Waals surface area contributed by atoms with Crippen molar-refractivity contribution in [2.75, 3.05) is 0 Å². The normalized spacial score (nSPS) is 11.6. The van der Waals surface area contributed by atoms with Crippen molar-refractivity contribution in [3.63, 3.8) is 0 Å². The van der Waals surface area contributed by atoms with Crippen molar-refractivity contribution in [1.29, 1.82) is 0 Å². The third kappa shape index (κ3) is 3.39. The number of halogens is 5. The van der Waals surface area contributed by atoms with Crippen LogP contribution in [0.3, 0.4) is 0 Å². The first-order valence-corrected chi connectivity index (χ1v) is 8.40.